The van der Waals surface area contributed by atoms with E-state index in [1.807, 2.05) is 18.2 Å². The van der Waals surface area contributed by atoms with Crippen molar-refractivity contribution < 1.29 is 0 Å². The molecule has 1 saturated heterocycles. The van der Waals surface area contributed by atoms with Gasteiger partial charge in [0.2, 0.25) is 0 Å². The number of halogens is 2. The summed E-state index contributed by atoms with van der Waals surface area (Å²) in [7, 11) is 0. The van der Waals surface area contributed by atoms with E-state index in [-0.39, 0.29) is 11.5 Å². The van der Waals surface area contributed by atoms with Gasteiger partial charge in [0.1, 0.15) is 0 Å². The van der Waals surface area contributed by atoms with Crippen LogP contribution in [0.5, 0.6) is 0 Å². The van der Waals surface area contributed by atoms with Gasteiger partial charge in [0.15, 0.2) is 0 Å². The molecule has 2 rings (SSSR count). The molecule has 1 N–H and O–H groups in total. The van der Waals surface area contributed by atoms with Crippen molar-refractivity contribution in [3.63, 3.8) is 0 Å². The van der Waals surface area contributed by atoms with E-state index in [1.54, 1.807) is 0 Å². The van der Waals surface area contributed by atoms with Gasteiger partial charge in [-0.25, -0.2) is 0 Å². The first-order chi connectivity index (χ1) is 8.91. The van der Waals surface area contributed by atoms with Crippen molar-refractivity contribution in [2.45, 2.75) is 26.8 Å². The molecule has 0 bridgehead atoms. The van der Waals surface area contributed by atoms with Crippen molar-refractivity contribution in [3.8, 4) is 0 Å². The third kappa shape index (κ3) is 3.43. The summed E-state index contributed by atoms with van der Waals surface area (Å²) < 4.78 is 0. The first-order valence-corrected chi connectivity index (χ1v) is 7.55. The largest absolute Gasteiger partial charge is 0.314 e. The lowest BCUT2D eigenvalue weighted by Gasteiger charge is -2.43. The highest BCUT2D eigenvalue weighted by molar-refractivity contribution is 6.36. The van der Waals surface area contributed by atoms with E-state index < -0.39 is 0 Å². The van der Waals surface area contributed by atoms with Crippen LogP contribution in [0.25, 0.3) is 0 Å². The fourth-order valence-electron chi connectivity index (χ4n) is 2.88. The van der Waals surface area contributed by atoms with Crippen molar-refractivity contribution in [1.29, 1.82) is 0 Å². The maximum atomic E-state index is 6.42. The summed E-state index contributed by atoms with van der Waals surface area (Å²) in [5.74, 6) is 0. The smallest absolute Gasteiger partial charge is 0.0469 e. The van der Waals surface area contributed by atoms with Crippen LogP contribution in [0.3, 0.4) is 0 Å². The minimum atomic E-state index is 0.0893. The lowest BCUT2D eigenvalue weighted by Crippen LogP contribution is -2.48. The Labute approximate surface area is 126 Å². The fourth-order valence-corrected chi connectivity index (χ4v) is 3.48. The van der Waals surface area contributed by atoms with E-state index >= 15 is 0 Å². The highest BCUT2D eigenvalue weighted by Gasteiger charge is 2.35. The molecule has 0 unspecified atom stereocenters. The number of nitrogens with one attached hydrogen (secondary N) is 1. The Morgan fingerprint density at radius 2 is 1.63 bits per heavy atom. The average molecular weight is 301 g/mol. The molecule has 1 aliphatic heterocycles. The molecule has 0 saturated carbocycles. The minimum Gasteiger partial charge on any atom is -0.314 e. The maximum Gasteiger partial charge on any atom is 0.0469 e. The zero-order valence-corrected chi connectivity index (χ0v) is 13.4. The van der Waals surface area contributed by atoms with Crippen LogP contribution in [0.1, 0.15) is 32.4 Å². The molecule has 1 aliphatic rings. The van der Waals surface area contributed by atoms with Crippen LogP contribution in [-0.2, 0) is 0 Å². The Balaban J connectivity index is 2.43. The molecule has 0 aromatic heterocycles. The van der Waals surface area contributed by atoms with E-state index in [4.69, 9.17) is 23.2 Å². The number of nitrogens with zero attached hydrogens (tertiary/aromatic N) is 1. The van der Waals surface area contributed by atoms with Crippen LogP contribution < -0.4 is 5.32 Å². The second-order valence-electron chi connectivity index (χ2n) is 6.19. The average Bonchev–Trinajstić information content (AvgIpc) is 2.33. The molecule has 0 radical (unpaired) electrons. The molecular formula is C15H22Cl2N2. The van der Waals surface area contributed by atoms with Crippen LogP contribution in [-0.4, -0.2) is 31.1 Å². The Kier molecular flexibility index (Phi) is 4.78. The van der Waals surface area contributed by atoms with Crippen LogP contribution in [0, 0.1) is 5.41 Å². The summed E-state index contributed by atoms with van der Waals surface area (Å²) >= 11 is 12.8. The van der Waals surface area contributed by atoms with Gasteiger partial charge in [0.05, 0.1) is 0 Å². The van der Waals surface area contributed by atoms with Gasteiger partial charge in [-0.1, -0.05) is 50.0 Å². The Hall–Kier alpha value is -0.280. The Bertz CT molecular complexity index is 414. The number of piperazine rings is 1. The number of hydrogen-bond donors (Lipinski definition) is 1. The first-order valence-electron chi connectivity index (χ1n) is 6.80. The van der Waals surface area contributed by atoms with Crippen LogP contribution in [0.2, 0.25) is 10.0 Å². The molecule has 1 fully saturated rings. The van der Waals surface area contributed by atoms with Gasteiger partial charge >= 0.3 is 0 Å². The lowest BCUT2D eigenvalue weighted by atomic mass is 9.81. The SMILES string of the molecule is CC(C)(C)[C@@H](c1c(Cl)cccc1Cl)N1CCNCC1. The highest BCUT2D eigenvalue weighted by atomic mass is 35.5. The highest BCUT2D eigenvalue weighted by Crippen LogP contribution is 2.43. The zero-order chi connectivity index (χ0) is 14.0. The molecule has 1 aromatic carbocycles. The zero-order valence-electron chi connectivity index (χ0n) is 11.8. The number of rotatable bonds is 2. The van der Waals surface area contributed by atoms with E-state index in [0.717, 1.165) is 41.8 Å². The van der Waals surface area contributed by atoms with Crippen molar-refractivity contribution in [2.24, 2.45) is 5.41 Å². The van der Waals surface area contributed by atoms with E-state index in [1.165, 1.54) is 0 Å². The van der Waals surface area contributed by atoms with Crippen LogP contribution in [0.15, 0.2) is 18.2 Å². The van der Waals surface area contributed by atoms with Crippen molar-refractivity contribution in [1.82, 2.24) is 10.2 Å². The second-order valence-corrected chi connectivity index (χ2v) is 7.00. The molecule has 106 valence electrons. The van der Waals surface area contributed by atoms with E-state index in [2.05, 4.69) is 31.0 Å². The first kappa shape index (κ1) is 15.1. The quantitative estimate of drug-likeness (QED) is 0.888. The molecular weight excluding hydrogens is 279 g/mol. The van der Waals surface area contributed by atoms with E-state index in [9.17, 15) is 0 Å². The van der Waals surface area contributed by atoms with Gasteiger partial charge in [-0.15, -0.1) is 0 Å². The summed E-state index contributed by atoms with van der Waals surface area (Å²) in [6.45, 7) is 10.9. The summed E-state index contributed by atoms with van der Waals surface area (Å²) in [6.07, 6.45) is 0. The lowest BCUT2D eigenvalue weighted by molar-refractivity contribution is 0.0863. The molecule has 0 spiro atoms. The fraction of sp³-hybridized carbons (Fsp3) is 0.600. The Morgan fingerprint density at radius 3 is 2.11 bits per heavy atom. The summed E-state index contributed by atoms with van der Waals surface area (Å²) in [6, 6.07) is 6.02. The predicted octanol–water partition coefficient (Wildman–Crippen LogP) is 3.99. The topological polar surface area (TPSA) is 15.3 Å². The molecule has 19 heavy (non-hydrogen) atoms. The van der Waals surface area contributed by atoms with Crippen molar-refractivity contribution in [3.05, 3.63) is 33.8 Å². The van der Waals surface area contributed by atoms with Gasteiger partial charge in [0, 0.05) is 47.8 Å². The van der Waals surface area contributed by atoms with Crippen molar-refractivity contribution >= 4 is 23.2 Å². The summed E-state index contributed by atoms with van der Waals surface area (Å²) in [5, 5.41) is 4.93. The molecule has 1 heterocycles. The van der Waals surface area contributed by atoms with Crippen molar-refractivity contribution in [2.75, 3.05) is 26.2 Å². The molecule has 4 heteroatoms. The molecule has 0 aliphatic carbocycles. The third-order valence-electron chi connectivity index (χ3n) is 3.61. The van der Waals surface area contributed by atoms with Gasteiger partial charge < -0.3 is 5.32 Å². The van der Waals surface area contributed by atoms with Gasteiger partial charge in [-0.05, 0) is 17.5 Å². The maximum absolute atomic E-state index is 6.42. The minimum absolute atomic E-state index is 0.0893. The molecule has 2 nitrogen and oxygen atoms in total. The predicted molar refractivity (Wildman–Crippen MR) is 83.1 cm³/mol. The van der Waals surface area contributed by atoms with Gasteiger partial charge in [0.25, 0.3) is 0 Å². The van der Waals surface area contributed by atoms with Crippen LogP contribution >= 0.6 is 23.2 Å². The number of hydrogen-bond acceptors (Lipinski definition) is 2. The van der Waals surface area contributed by atoms with Gasteiger partial charge in [-0.3, -0.25) is 4.90 Å². The number of benzene rings is 1. The monoisotopic (exact) mass is 300 g/mol. The molecule has 1 atom stereocenters. The third-order valence-corrected chi connectivity index (χ3v) is 4.27. The Morgan fingerprint density at radius 1 is 1.11 bits per heavy atom. The van der Waals surface area contributed by atoms with E-state index in [0.29, 0.717) is 0 Å². The molecule has 0 amide bonds. The standard InChI is InChI=1S/C15H22Cl2N2/c1-15(2,3)14(19-9-7-18-8-10-19)13-11(16)5-4-6-12(13)17/h4-6,14,18H,7-10H2,1-3H3/t14-/m1/s1. The van der Waals surface area contributed by atoms with Crippen LogP contribution in [0.4, 0.5) is 0 Å². The summed E-state index contributed by atoms with van der Waals surface area (Å²) in [4.78, 5) is 2.49. The second kappa shape index (κ2) is 6.01. The summed E-state index contributed by atoms with van der Waals surface area (Å²) in [5.41, 5.74) is 1.16. The normalized spacial score (nSPS) is 19.4. The molecule has 1 aromatic rings. The van der Waals surface area contributed by atoms with Gasteiger partial charge in [-0.2, -0.15) is 0 Å².